The van der Waals surface area contributed by atoms with E-state index in [4.69, 9.17) is 9.84 Å². The molecule has 0 aliphatic heterocycles. The molecule has 0 heterocycles. The van der Waals surface area contributed by atoms with Crippen molar-refractivity contribution in [3.05, 3.63) is 12.2 Å². The van der Waals surface area contributed by atoms with Crippen LogP contribution in [0.3, 0.4) is 0 Å². The fourth-order valence-electron chi connectivity index (χ4n) is 1.85. The molecule has 0 fully saturated rings. The van der Waals surface area contributed by atoms with Crippen LogP contribution in [0.15, 0.2) is 12.2 Å². The van der Waals surface area contributed by atoms with Crippen molar-refractivity contribution in [2.75, 3.05) is 0 Å². The molecular weight excluding hydrogens is 244 g/mol. The summed E-state index contributed by atoms with van der Waals surface area (Å²) in [5.41, 5.74) is 0. The number of aliphatic carboxylic acids is 1. The van der Waals surface area contributed by atoms with E-state index < -0.39 is 11.9 Å². The zero-order valence-corrected chi connectivity index (χ0v) is 12.1. The van der Waals surface area contributed by atoms with Gasteiger partial charge in [-0.2, -0.15) is 0 Å². The van der Waals surface area contributed by atoms with Gasteiger partial charge in [-0.05, 0) is 25.7 Å². The van der Waals surface area contributed by atoms with Crippen LogP contribution in [0.1, 0.15) is 65.2 Å². The largest absolute Gasteiger partial charge is 0.478 e. The van der Waals surface area contributed by atoms with Crippen LogP contribution >= 0.6 is 0 Å². The lowest BCUT2D eigenvalue weighted by Gasteiger charge is -2.16. The third-order valence-corrected chi connectivity index (χ3v) is 2.90. The molecule has 0 saturated carbocycles. The van der Waals surface area contributed by atoms with Gasteiger partial charge >= 0.3 is 11.9 Å². The van der Waals surface area contributed by atoms with Crippen molar-refractivity contribution >= 4 is 11.9 Å². The van der Waals surface area contributed by atoms with Crippen LogP contribution in [0.2, 0.25) is 0 Å². The molecule has 110 valence electrons. The number of hydrogen-bond donors (Lipinski definition) is 1. The van der Waals surface area contributed by atoms with E-state index in [1.54, 1.807) is 0 Å². The van der Waals surface area contributed by atoms with Crippen molar-refractivity contribution in [1.29, 1.82) is 0 Å². The summed E-state index contributed by atoms with van der Waals surface area (Å²) in [6, 6.07) is 0. The number of carboxylic acid groups (broad SMARTS) is 1. The second kappa shape index (κ2) is 11.8. The summed E-state index contributed by atoms with van der Waals surface area (Å²) in [7, 11) is 0. The first-order chi connectivity index (χ1) is 9.10. The average Bonchev–Trinajstić information content (AvgIpc) is 2.36. The Morgan fingerprint density at radius 2 is 1.53 bits per heavy atom. The lowest BCUT2D eigenvalue weighted by Crippen LogP contribution is -2.17. The van der Waals surface area contributed by atoms with E-state index in [2.05, 4.69) is 13.8 Å². The summed E-state index contributed by atoms with van der Waals surface area (Å²) in [5.74, 6) is -1.69. The molecule has 0 aromatic carbocycles. The van der Waals surface area contributed by atoms with Gasteiger partial charge in [0.2, 0.25) is 0 Å². The number of carbonyl (C=O) groups excluding carboxylic acids is 1. The van der Waals surface area contributed by atoms with Crippen molar-refractivity contribution in [1.82, 2.24) is 0 Å². The van der Waals surface area contributed by atoms with Crippen LogP contribution in [0.5, 0.6) is 0 Å². The maximum atomic E-state index is 11.5. The van der Waals surface area contributed by atoms with E-state index in [0.29, 0.717) is 0 Å². The SMILES string of the molecule is CCCCCC(CCCCC)OC(=O)C=CC(=O)O. The summed E-state index contributed by atoms with van der Waals surface area (Å²) >= 11 is 0. The zero-order chi connectivity index (χ0) is 14.5. The second-order valence-electron chi connectivity index (χ2n) is 4.72. The predicted molar refractivity (Wildman–Crippen MR) is 74.9 cm³/mol. The number of carboxylic acids is 1. The Hall–Kier alpha value is -1.32. The van der Waals surface area contributed by atoms with Crippen LogP contribution < -0.4 is 0 Å². The summed E-state index contributed by atoms with van der Waals surface area (Å²) in [4.78, 5) is 21.8. The van der Waals surface area contributed by atoms with Crippen molar-refractivity contribution in [3.8, 4) is 0 Å². The van der Waals surface area contributed by atoms with Crippen LogP contribution in [0, 0.1) is 0 Å². The van der Waals surface area contributed by atoms with Gasteiger partial charge in [-0.25, -0.2) is 9.59 Å². The van der Waals surface area contributed by atoms with Gasteiger partial charge in [0.15, 0.2) is 0 Å². The Morgan fingerprint density at radius 1 is 1.00 bits per heavy atom. The fraction of sp³-hybridized carbons (Fsp3) is 0.733. The average molecular weight is 270 g/mol. The first-order valence-electron chi connectivity index (χ1n) is 7.21. The topological polar surface area (TPSA) is 63.6 Å². The highest BCUT2D eigenvalue weighted by Gasteiger charge is 2.12. The van der Waals surface area contributed by atoms with E-state index in [9.17, 15) is 9.59 Å². The molecule has 0 saturated heterocycles. The number of unbranched alkanes of at least 4 members (excludes halogenated alkanes) is 4. The van der Waals surface area contributed by atoms with Crippen molar-refractivity contribution in [3.63, 3.8) is 0 Å². The van der Waals surface area contributed by atoms with Gasteiger partial charge in [0.05, 0.1) is 0 Å². The molecule has 1 N–H and O–H groups in total. The monoisotopic (exact) mass is 270 g/mol. The molecule has 4 heteroatoms. The fourth-order valence-corrected chi connectivity index (χ4v) is 1.85. The van der Waals surface area contributed by atoms with Gasteiger partial charge in [0.1, 0.15) is 6.10 Å². The standard InChI is InChI=1S/C15H26O4/c1-3-5-7-9-13(10-8-6-4-2)19-15(18)12-11-14(16)17/h11-13H,3-10H2,1-2H3,(H,16,17). The van der Waals surface area contributed by atoms with Gasteiger partial charge in [0.25, 0.3) is 0 Å². The normalized spacial score (nSPS) is 11.1. The lowest BCUT2D eigenvalue weighted by molar-refractivity contribution is -0.144. The highest BCUT2D eigenvalue weighted by molar-refractivity contribution is 5.90. The van der Waals surface area contributed by atoms with Gasteiger partial charge in [0, 0.05) is 12.2 Å². The van der Waals surface area contributed by atoms with Crippen LogP contribution in [0.4, 0.5) is 0 Å². The Labute approximate surface area is 115 Å². The van der Waals surface area contributed by atoms with Gasteiger partial charge in [-0.1, -0.05) is 39.5 Å². The quantitative estimate of drug-likeness (QED) is 0.353. The van der Waals surface area contributed by atoms with E-state index in [0.717, 1.165) is 63.5 Å². The molecule has 0 aliphatic carbocycles. The Balaban J connectivity index is 4.14. The van der Waals surface area contributed by atoms with Gasteiger partial charge in [-0.15, -0.1) is 0 Å². The van der Waals surface area contributed by atoms with E-state index >= 15 is 0 Å². The molecule has 0 aromatic heterocycles. The summed E-state index contributed by atoms with van der Waals surface area (Å²) < 4.78 is 5.30. The molecule has 19 heavy (non-hydrogen) atoms. The minimum Gasteiger partial charge on any atom is -0.478 e. The highest BCUT2D eigenvalue weighted by atomic mass is 16.5. The summed E-state index contributed by atoms with van der Waals surface area (Å²) in [6.07, 6.45) is 10.1. The first kappa shape index (κ1) is 17.7. The number of carbonyl (C=O) groups is 2. The molecule has 0 unspecified atom stereocenters. The minimum absolute atomic E-state index is 0.0796. The minimum atomic E-state index is -1.13. The van der Waals surface area contributed by atoms with E-state index in [1.165, 1.54) is 0 Å². The van der Waals surface area contributed by atoms with Crippen molar-refractivity contribution in [2.24, 2.45) is 0 Å². The lowest BCUT2D eigenvalue weighted by atomic mass is 10.0. The number of ether oxygens (including phenoxy) is 1. The van der Waals surface area contributed by atoms with Crippen LogP contribution in [0.25, 0.3) is 0 Å². The molecule has 0 aromatic rings. The molecule has 0 radical (unpaired) electrons. The summed E-state index contributed by atoms with van der Waals surface area (Å²) in [6.45, 7) is 4.27. The van der Waals surface area contributed by atoms with Crippen LogP contribution in [-0.4, -0.2) is 23.1 Å². The molecular formula is C15H26O4. The van der Waals surface area contributed by atoms with Crippen LogP contribution in [-0.2, 0) is 14.3 Å². The molecule has 0 aliphatic rings. The number of rotatable bonds is 11. The molecule has 0 rings (SSSR count). The summed E-state index contributed by atoms with van der Waals surface area (Å²) in [5, 5.41) is 8.45. The maximum Gasteiger partial charge on any atom is 0.331 e. The van der Waals surface area contributed by atoms with Crippen molar-refractivity contribution in [2.45, 2.75) is 71.3 Å². The third kappa shape index (κ3) is 11.5. The Kier molecular flexibility index (Phi) is 10.9. The highest BCUT2D eigenvalue weighted by Crippen LogP contribution is 2.14. The van der Waals surface area contributed by atoms with E-state index in [-0.39, 0.29) is 6.10 Å². The van der Waals surface area contributed by atoms with E-state index in [1.807, 2.05) is 0 Å². The predicted octanol–water partition coefficient (Wildman–Crippen LogP) is 3.70. The molecule has 0 atom stereocenters. The Bertz CT molecular complexity index is 274. The van der Waals surface area contributed by atoms with Gasteiger partial charge in [-0.3, -0.25) is 0 Å². The number of esters is 1. The number of hydrogen-bond acceptors (Lipinski definition) is 3. The first-order valence-corrected chi connectivity index (χ1v) is 7.21. The smallest absolute Gasteiger partial charge is 0.331 e. The molecule has 4 nitrogen and oxygen atoms in total. The Morgan fingerprint density at radius 3 is 1.95 bits per heavy atom. The zero-order valence-electron chi connectivity index (χ0n) is 12.1. The third-order valence-electron chi connectivity index (χ3n) is 2.90. The second-order valence-corrected chi connectivity index (χ2v) is 4.72. The molecule has 0 bridgehead atoms. The van der Waals surface area contributed by atoms with Crippen molar-refractivity contribution < 1.29 is 19.4 Å². The van der Waals surface area contributed by atoms with Gasteiger partial charge < -0.3 is 9.84 Å². The maximum absolute atomic E-state index is 11.5. The molecule has 0 spiro atoms. The molecule has 0 amide bonds.